The first kappa shape index (κ1) is 20.1. The van der Waals surface area contributed by atoms with Crippen LogP contribution in [0.4, 0.5) is 18.9 Å². The van der Waals surface area contributed by atoms with Gasteiger partial charge in [-0.25, -0.2) is 18.0 Å². The van der Waals surface area contributed by atoms with Crippen LogP contribution < -0.4 is 15.6 Å². The number of aromatic carboxylic acids is 1. The Balaban J connectivity index is 1.68. The zero-order valence-electron chi connectivity index (χ0n) is 16.8. The SMILES string of the molecule is CNC1CC=CC2CN(c3c(F)cc4c(=O)c(C(=O)O)cn(C5CC5F)c4c3F)CC21. The highest BCUT2D eigenvalue weighted by Gasteiger charge is 2.42. The predicted molar refractivity (Wildman–Crippen MR) is 109 cm³/mol. The summed E-state index contributed by atoms with van der Waals surface area (Å²) in [6.07, 6.45) is 4.78. The molecular formula is C22H22F3N3O3. The second kappa shape index (κ2) is 7.12. The molecule has 9 heteroatoms. The molecule has 2 heterocycles. The minimum absolute atomic E-state index is 0.0890. The summed E-state index contributed by atoms with van der Waals surface area (Å²) in [5, 5.41) is 12.2. The van der Waals surface area contributed by atoms with E-state index in [0.717, 1.165) is 23.3 Å². The zero-order chi connectivity index (χ0) is 22.0. The topological polar surface area (TPSA) is 74.6 Å². The number of hydrogen-bond donors (Lipinski definition) is 2. The van der Waals surface area contributed by atoms with E-state index in [2.05, 4.69) is 17.5 Å². The number of nitrogens with zero attached hydrogens (tertiary/aromatic N) is 2. The maximum Gasteiger partial charge on any atom is 0.341 e. The van der Waals surface area contributed by atoms with Gasteiger partial charge in [0.2, 0.25) is 5.43 Å². The van der Waals surface area contributed by atoms with Gasteiger partial charge in [0.1, 0.15) is 23.2 Å². The van der Waals surface area contributed by atoms with Crippen molar-refractivity contribution in [1.29, 1.82) is 0 Å². The average molecular weight is 433 g/mol. The molecule has 2 fully saturated rings. The lowest BCUT2D eigenvalue weighted by Crippen LogP contribution is -2.39. The Hall–Kier alpha value is -2.81. The fourth-order valence-electron chi connectivity index (χ4n) is 5.15. The van der Waals surface area contributed by atoms with Crippen molar-refractivity contribution in [2.45, 2.75) is 31.1 Å². The molecule has 2 N–H and O–H groups in total. The normalized spacial score (nSPS) is 29.4. The smallest absolute Gasteiger partial charge is 0.341 e. The highest BCUT2D eigenvalue weighted by Crippen LogP contribution is 2.43. The summed E-state index contributed by atoms with van der Waals surface area (Å²) < 4.78 is 45.9. The van der Waals surface area contributed by atoms with Gasteiger partial charge in [-0.3, -0.25) is 4.79 Å². The lowest BCUT2D eigenvalue weighted by Gasteiger charge is -2.28. The van der Waals surface area contributed by atoms with Gasteiger partial charge in [0.05, 0.1) is 16.9 Å². The van der Waals surface area contributed by atoms with Crippen LogP contribution in [0.1, 0.15) is 29.2 Å². The number of carboxylic acids is 1. The first-order chi connectivity index (χ1) is 14.8. The molecule has 31 heavy (non-hydrogen) atoms. The molecule has 5 unspecified atom stereocenters. The summed E-state index contributed by atoms with van der Waals surface area (Å²) in [6.45, 7) is 0.859. The maximum absolute atomic E-state index is 15.8. The Labute approximate surface area is 176 Å². The van der Waals surface area contributed by atoms with Gasteiger partial charge in [-0.05, 0) is 25.5 Å². The molecule has 6 nitrogen and oxygen atoms in total. The van der Waals surface area contributed by atoms with E-state index < -0.39 is 40.8 Å². The highest BCUT2D eigenvalue weighted by molar-refractivity contribution is 5.94. The Morgan fingerprint density at radius 3 is 2.68 bits per heavy atom. The van der Waals surface area contributed by atoms with Crippen molar-refractivity contribution in [3.05, 3.63) is 51.8 Å². The van der Waals surface area contributed by atoms with Gasteiger partial charge in [0.15, 0.2) is 5.82 Å². The monoisotopic (exact) mass is 433 g/mol. The number of anilines is 1. The molecule has 0 spiro atoms. The second-order valence-corrected chi connectivity index (χ2v) is 8.61. The van der Waals surface area contributed by atoms with Crippen molar-refractivity contribution >= 4 is 22.6 Å². The van der Waals surface area contributed by atoms with E-state index in [1.807, 2.05) is 7.05 Å². The predicted octanol–water partition coefficient (Wildman–Crippen LogP) is 2.86. The molecule has 5 atom stereocenters. The molecule has 1 saturated heterocycles. The van der Waals surface area contributed by atoms with Crippen molar-refractivity contribution < 1.29 is 23.1 Å². The molecule has 3 aliphatic rings. The quantitative estimate of drug-likeness (QED) is 0.726. The van der Waals surface area contributed by atoms with E-state index >= 15 is 8.78 Å². The first-order valence-electron chi connectivity index (χ1n) is 10.3. The Bertz CT molecular complexity index is 1180. The Morgan fingerprint density at radius 1 is 1.29 bits per heavy atom. The van der Waals surface area contributed by atoms with Crippen molar-refractivity contribution in [2.75, 3.05) is 25.0 Å². The van der Waals surface area contributed by atoms with Gasteiger partial charge >= 0.3 is 5.97 Å². The van der Waals surface area contributed by atoms with E-state index in [0.29, 0.717) is 13.1 Å². The molecule has 1 aromatic carbocycles. The lowest BCUT2D eigenvalue weighted by atomic mass is 9.83. The third kappa shape index (κ3) is 3.05. The minimum Gasteiger partial charge on any atom is -0.477 e. The molecule has 0 bridgehead atoms. The highest BCUT2D eigenvalue weighted by atomic mass is 19.1. The first-order valence-corrected chi connectivity index (χ1v) is 10.3. The molecule has 2 aliphatic carbocycles. The molecule has 5 rings (SSSR count). The number of carbonyl (C=O) groups is 1. The molecule has 1 aromatic heterocycles. The van der Waals surface area contributed by atoms with Crippen LogP contribution in [0.2, 0.25) is 0 Å². The fraction of sp³-hybridized carbons (Fsp3) is 0.455. The summed E-state index contributed by atoms with van der Waals surface area (Å²) in [5.74, 6) is -3.08. The third-order valence-electron chi connectivity index (χ3n) is 6.84. The van der Waals surface area contributed by atoms with Crippen LogP contribution in [0.3, 0.4) is 0 Å². The number of alkyl halides is 1. The summed E-state index contributed by atoms with van der Waals surface area (Å²) in [5.41, 5.74) is -2.11. The summed E-state index contributed by atoms with van der Waals surface area (Å²) in [7, 11) is 1.86. The number of carboxylic acid groups (broad SMARTS) is 1. The van der Waals surface area contributed by atoms with Crippen LogP contribution >= 0.6 is 0 Å². The van der Waals surface area contributed by atoms with Crippen LogP contribution in [0, 0.1) is 23.5 Å². The van der Waals surface area contributed by atoms with E-state index in [1.54, 1.807) is 4.90 Å². The number of pyridine rings is 1. The van der Waals surface area contributed by atoms with Crippen LogP contribution in [0.15, 0.2) is 29.2 Å². The Kier molecular flexibility index (Phi) is 4.62. The van der Waals surface area contributed by atoms with Crippen molar-refractivity contribution in [1.82, 2.24) is 9.88 Å². The number of nitrogens with one attached hydrogen (secondary N) is 1. The Morgan fingerprint density at radius 2 is 2.03 bits per heavy atom. The van der Waals surface area contributed by atoms with E-state index in [4.69, 9.17) is 0 Å². The number of hydrogen-bond acceptors (Lipinski definition) is 4. The number of rotatable bonds is 4. The molecule has 164 valence electrons. The molecule has 1 aliphatic heterocycles. The lowest BCUT2D eigenvalue weighted by molar-refractivity contribution is 0.0694. The number of fused-ring (bicyclic) bond motifs is 2. The van der Waals surface area contributed by atoms with Crippen molar-refractivity contribution in [3.8, 4) is 0 Å². The van der Waals surface area contributed by atoms with Crippen molar-refractivity contribution in [3.63, 3.8) is 0 Å². The standard InChI is InChI=1S/C22H22F3N3O3/c1-26-16-4-2-3-10-7-27(8-12(10)16)20-15(24)5-11-19(18(20)25)28(17-6-14(17)23)9-13(21(11)29)22(30)31/h2-3,5,9-10,12,14,16-17,26H,4,6-8H2,1H3,(H,30,31). The summed E-state index contributed by atoms with van der Waals surface area (Å²) in [6, 6.07) is 0.315. The summed E-state index contributed by atoms with van der Waals surface area (Å²) >= 11 is 0. The van der Waals surface area contributed by atoms with Gasteiger partial charge < -0.3 is 19.9 Å². The van der Waals surface area contributed by atoms with Gasteiger partial charge in [-0.1, -0.05) is 12.2 Å². The summed E-state index contributed by atoms with van der Waals surface area (Å²) in [4.78, 5) is 25.7. The van der Waals surface area contributed by atoms with Gasteiger partial charge in [0, 0.05) is 37.7 Å². The molecule has 2 aromatic rings. The maximum atomic E-state index is 15.8. The zero-order valence-corrected chi connectivity index (χ0v) is 16.8. The average Bonchev–Trinajstić information content (AvgIpc) is 3.29. The minimum atomic E-state index is -1.52. The van der Waals surface area contributed by atoms with Gasteiger partial charge in [0.25, 0.3) is 0 Å². The van der Waals surface area contributed by atoms with Gasteiger partial charge in [-0.2, -0.15) is 0 Å². The number of halogens is 3. The second-order valence-electron chi connectivity index (χ2n) is 8.61. The van der Waals surface area contributed by atoms with E-state index in [1.165, 1.54) is 0 Å². The fourth-order valence-corrected chi connectivity index (χ4v) is 5.15. The van der Waals surface area contributed by atoms with Crippen molar-refractivity contribution in [2.24, 2.45) is 11.8 Å². The van der Waals surface area contributed by atoms with Crippen LogP contribution in [-0.4, -0.2) is 48.0 Å². The third-order valence-corrected chi connectivity index (χ3v) is 6.84. The number of aromatic nitrogens is 1. The van der Waals surface area contributed by atoms with E-state index in [-0.39, 0.29) is 40.9 Å². The molecular weight excluding hydrogens is 411 g/mol. The van der Waals surface area contributed by atoms with Gasteiger partial charge in [-0.15, -0.1) is 0 Å². The van der Waals surface area contributed by atoms with Crippen LogP contribution in [0.5, 0.6) is 0 Å². The van der Waals surface area contributed by atoms with Crippen LogP contribution in [0.25, 0.3) is 10.9 Å². The molecule has 0 radical (unpaired) electrons. The van der Waals surface area contributed by atoms with Crippen LogP contribution in [-0.2, 0) is 0 Å². The van der Waals surface area contributed by atoms with E-state index in [9.17, 15) is 19.1 Å². The molecule has 1 saturated carbocycles. The molecule has 0 amide bonds. The number of benzene rings is 1. The largest absolute Gasteiger partial charge is 0.477 e.